The lowest BCUT2D eigenvalue weighted by molar-refractivity contribution is -0.123. The monoisotopic (exact) mass is 273 g/mol. The lowest BCUT2D eigenvalue weighted by atomic mass is 9.91. The Hall–Kier alpha value is -2.04. The number of urea groups is 1. The van der Waals surface area contributed by atoms with Crippen molar-refractivity contribution in [2.45, 2.75) is 38.1 Å². The third kappa shape index (κ3) is 2.24. The Kier molecular flexibility index (Phi) is 3.34. The number of amides is 3. The van der Waals surface area contributed by atoms with E-state index in [1.165, 1.54) is 4.90 Å². The van der Waals surface area contributed by atoms with Gasteiger partial charge in [-0.3, -0.25) is 4.79 Å². The van der Waals surface area contributed by atoms with Crippen LogP contribution in [0.3, 0.4) is 0 Å². The predicted molar refractivity (Wildman–Crippen MR) is 77.2 cm³/mol. The second kappa shape index (κ2) is 5.15. The van der Waals surface area contributed by atoms with Crippen molar-refractivity contribution in [3.8, 4) is 0 Å². The van der Waals surface area contributed by atoms with E-state index in [0.717, 1.165) is 32.1 Å². The fourth-order valence-corrected chi connectivity index (χ4v) is 3.13. The molecule has 1 saturated heterocycles. The SMILES string of the molecule is Nc1ccc(N2C(=O)NC3CCCCCC3C2=O)cc1. The molecule has 2 aliphatic rings. The Bertz CT molecular complexity index is 526. The standard InChI is InChI=1S/C15H19N3O2/c16-10-6-8-11(9-7-10)18-14(19)12-4-2-1-3-5-13(12)17-15(18)20/h6-9,12-13H,1-5,16H2,(H,17,20). The number of nitrogens with two attached hydrogens (primary N) is 1. The van der Waals surface area contributed by atoms with Crippen LogP contribution in [0.25, 0.3) is 0 Å². The predicted octanol–water partition coefficient (Wildman–Crippen LogP) is 2.27. The van der Waals surface area contributed by atoms with Crippen LogP contribution in [0.4, 0.5) is 16.2 Å². The number of carbonyl (C=O) groups excluding carboxylic acids is 2. The van der Waals surface area contributed by atoms with Gasteiger partial charge in [0.2, 0.25) is 5.91 Å². The minimum Gasteiger partial charge on any atom is -0.399 e. The molecule has 1 aliphatic heterocycles. The molecule has 106 valence electrons. The topological polar surface area (TPSA) is 75.4 Å². The molecule has 1 saturated carbocycles. The highest BCUT2D eigenvalue weighted by Crippen LogP contribution is 2.31. The van der Waals surface area contributed by atoms with Crippen LogP contribution >= 0.6 is 0 Å². The number of benzene rings is 1. The summed E-state index contributed by atoms with van der Waals surface area (Å²) in [6.07, 6.45) is 5.03. The first-order valence-electron chi connectivity index (χ1n) is 7.17. The van der Waals surface area contributed by atoms with Gasteiger partial charge in [-0.05, 0) is 37.1 Å². The molecule has 3 N–H and O–H groups in total. The van der Waals surface area contributed by atoms with Gasteiger partial charge in [-0.2, -0.15) is 0 Å². The molecule has 1 heterocycles. The number of rotatable bonds is 1. The zero-order valence-corrected chi connectivity index (χ0v) is 11.3. The summed E-state index contributed by atoms with van der Waals surface area (Å²) in [6.45, 7) is 0. The first kappa shape index (κ1) is 13.0. The van der Waals surface area contributed by atoms with Crippen LogP contribution in [0, 0.1) is 5.92 Å². The second-order valence-corrected chi connectivity index (χ2v) is 5.57. The van der Waals surface area contributed by atoms with Crippen molar-refractivity contribution < 1.29 is 9.59 Å². The number of nitrogens with one attached hydrogen (secondary N) is 1. The Labute approximate surface area is 118 Å². The Morgan fingerprint density at radius 3 is 2.50 bits per heavy atom. The minimum absolute atomic E-state index is 0.00234. The van der Waals surface area contributed by atoms with E-state index in [1.807, 2.05) is 0 Å². The summed E-state index contributed by atoms with van der Waals surface area (Å²) >= 11 is 0. The maximum Gasteiger partial charge on any atom is 0.328 e. The summed E-state index contributed by atoms with van der Waals surface area (Å²) in [6, 6.07) is 6.52. The van der Waals surface area contributed by atoms with Crippen LogP contribution in [0.1, 0.15) is 32.1 Å². The zero-order valence-electron chi connectivity index (χ0n) is 11.3. The molecule has 2 atom stereocenters. The molecule has 2 unspecified atom stereocenters. The van der Waals surface area contributed by atoms with Gasteiger partial charge in [-0.15, -0.1) is 0 Å². The average Bonchev–Trinajstić information content (AvgIpc) is 2.66. The highest BCUT2D eigenvalue weighted by atomic mass is 16.2. The van der Waals surface area contributed by atoms with Gasteiger partial charge < -0.3 is 11.1 Å². The molecule has 5 nitrogen and oxygen atoms in total. The summed E-state index contributed by atoms with van der Waals surface area (Å²) in [7, 11) is 0. The van der Waals surface area contributed by atoms with Gasteiger partial charge >= 0.3 is 6.03 Å². The van der Waals surface area contributed by atoms with Gasteiger partial charge in [-0.25, -0.2) is 9.69 Å². The molecule has 20 heavy (non-hydrogen) atoms. The van der Waals surface area contributed by atoms with E-state index >= 15 is 0 Å². The summed E-state index contributed by atoms with van der Waals surface area (Å²) < 4.78 is 0. The first-order chi connectivity index (χ1) is 9.66. The van der Waals surface area contributed by atoms with E-state index in [0.29, 0.717) is 11.4 Å². The normalized spacial score (nSPS) is 26.7. The first-order valence-corrected chi connectivity index (χ1v) is 7.17. The molecule has 1 aromatic rings. The quantitative estimate of drug-likeness (QED) is 0.771. The Morgan fingerprint density at radius 1 is 1.05 bits per heavy atom. The van der Waals surface area contributed by atoms with Crippen molar-refractivity contribution in [3.05, 3.63) is 24.3 Å². The molecule has 3 amide bonds. The lowest BCUT2D eigenvalue weighted by Crippen LogP contribution is -2.60. The van der Waals surface area contributed by atoms with Crippen molar-refractivity contribution in [2.24, 2.45) is 5.92 Å². The van der Waals surface area contributed by atoms with E-state index in [9.17, 15) is 9.59 Å². The number of hydrogen-bond donors (Lipinski definition) is 2. The fourth-order valence-electron chi connectivity index (χ4n) is 3.13. The van der Waals surface area contributed by atoms with E-state index in [2.05, 4.69) is 5.32 Å². The number of imide groups is 1. The molecular formula is C15H19N3O2. The number of nitrogen functional groups attached to an aromatic ring is 1. The zero-order chi connectivity index (χ0) is 14.1. The summed E-state index contributed by atoms with van der Waals surface area (Å²) in [5.41, 5.74) is 6.85. The minimum atomic E-state index is -0.317. The molecule has 0 spiro atoms. The molecule has 0 aromatic heterocycles. The van der Waals surface area contributed by atoms with E-state index < -0.39 is 0 Å². The number of anilines is 2. The lowest BCUT2D eigenvalue weighted by Gasteiger charge is -2.36. The van der Waals surface area contributed by atoms with Gasteiger partial charge in [0.1, 0.15) is 0 Å². The van der Waals surface area contributed by atoms with Crippen LogP contribution in [0.5, 0.6) is 0 Å². The molecule has 3 rings (SSSR count). The third-order valence-electron chi connectivity index (χ3n) is 4.22. The molecular weight excluding hydrogens is 254 g/mol. The van der Waals surface area contributed by atoms with Crippen molar-refractivity contribution in [1.82, 2.24) is 5.32 Å². The molecule has 0 bridgehead atoms. The maximum atomic E-state index is 12.6. The Balaban J connectivity index is 1.89. The summed E-state index contributed by atoms with van der Waals surface area (Å²) in [5.74, 6) is -0.168. The number of nitrogens with zero attached hydrogens (tertiary/aromatic N) is 1. The second-order valence-electron chi connectivity index (χ2n) is 5.57. The smallest absolute Gasteiger partial charge is 0.328 e. The van der Waals surface area contributed by atoms with E-state index in [-0.39, 0.29) is 23.9 Å². The number of carbonyl (C=O) groups is 2. The van der Waals surface area contributed by atoms with Crippen molar-refractivity contribution in [1.29, 1.82) is 0 Å². The van der Waals surface area contributed by atoms with Crippen LogP contribution in [0.15, 0.2) is 24.3 Å². The van der Waals surface area contributed by atoms with Gasteiger partial charge in [-0.1, -0.05) is 19.3 Å². The fraction of sp³-hybridized carbons (Fsp3) is 0.467. The van der Waals surface area contributed by atoms with Gasteiger partial charge in [0.15, 0.2) is 0 Å². The molecule has 1 aromatic carbocycles. The van der Waals surface area contributed by atoms with Crippen LogP contribution < -0.4 is 16.0 Å². The molecule has 1 aliphatic carbocycles. The van der Waals surface area contributed by atoms with Gasteiger partial charge in [0.25, 0.3) is 0 Å². The average molecular weight is 273 g/mol. The van der Waals surface area contributed by atoms with Crippen molar-refractivity contribution >= 4 is 23.3 Å². The van der Waals surface area contributed by atoms with E-state index in [4.69, 9.17) is 5.73 Å². The summed E-state index contributed by atoms with van der Waals surface area (Å²) in [5, 5.41) is 2.99. The Morgan fingerprint density at radius 2 is 1.75 bits per heavy atom. The maximum absolute atomic E-state index is 12.6. The molecule has 0 radical (unpaired) electrons. The van der Waals surface area contributed by atoms with Crippen molar-refractivity contribution in [2.75, 3.05) is 10.6 Å². The molecule has 2 fully saturated rings. The largest absolute Gasteiger partial charge is 0.399 e. The third-order valence-corrected chi connectivity index (χ3v) is 4.22. The number of hydrogen-bond acceptors (Lipinski definition) is 3. The van der Waals surface area contributed by atoms with E-state index in [1.54, 1.807) is 24.3 Å². The van der Waals surface area contributed by atoms with Crippen molar-refractivity contribution in [3.63, 3.8) is 0 Å². The summed E-state index contributed by atoms with van der Waals surface area (Å²) in [4.78, 5) is 26.1. The van der Waals surface area contributed by atoms with Gasteiger partial charge in [0.05, 0.1) is 11.6 Å². The van der Waals surface area contributed by atoms with Crippen LogP contribution in [-0.2, 0) is 4.79 Å². The van der Waals surface area contributed by atoms with Crippen LogP contribution in [0.2, 0.25) is 0 Å². The molecule has 5 heteroatoms. The van der Waals surface area contributed by atoms with Crippen LogP contribution in [-0.4, -0.2) is 18.0 Å². The highest BCUT2D eigenvalue weighted by Gasteiger charge is 2.41. The highest BCUT2D eigenvalue weighted by molar-refractivity contribution is 6.17. The number of fused-ring (bicyclic) bond motifs is 1. The van der Waals surface area contributed by atoms with Gasteiger partial charge in [0, 0.05) is 11.7 Å².